The van der Waals surface area contributed by atoms with Gasteiger partial charge in [-0.25, -0.2) is 0 Å². The van der Waals surface area contributed by atoms with Crippen molar-refractivity contribution in [3.05, 3.63) is 6.61 Å². The molecule has 1 saturated heterocycles. The molecule has 1 radical (unpaired) electrons. The Bertz CT molecular complexity index is 23.0. The standard InChI is InChI=1S/C4H7OS/c1-3-6-4-2-5-1/h1H,2-4H2. The van der Waals surface area contributed by atoms with Crippen molar-refractivity contribution in [2.75, 3.05) is 18.1 Å². The molecule has 1 heterocycles. The smallest absolute Gasteiger partial charge is 0.0935 e. The van der Waals surface area contributed by atoms with E-state index >= 15 is 0 Å². The predicted molar refractivity (Wildman–Crippen MR) is 27.6 cm³/mol. The molecular formula is C4H7OS. The molecular weight excluding hydrogens is 96.1 g/mol. The molecule has 0 unspecified atom stereocenters. The van der Waals surface area contributed by atoms with Gasteiger partial charge in [-0.15, -0.1) is 0 Å². The molecule has 1 fully saturated rings. The van der Waals surface area contributed by atoms with Crippen molar-refractivity contribution in [1.29, 1.82) is 0 Å². The number of thioether (sulfide) groups is 1. The molecule has 0 saturated carbocycles. The minimum atomic E-state index is 0.907. The fraction of sp³-hybridized carbons (Fsp3) is 0.750. The molecule has 0 aromatic rings. The summed E-state index contributed by atoms with van der Waals surface area (Å²) in [6.45, 7) is 2.76. The Balaban J connectivity index is 2.00. The lowest BCUT2D eigenvalue weighted by Crippen LogP contribution is -2.03. The summed E-state index contributed by atoms with van der Waals surface area (Å²) in [7, 11) is 0. The van der Waals surface area contributed by atoms with Gasteiger partial charge in [0.15, 0.2) is 0 Å². The summed E-state index contributed by atoms with van der Waals surface area (Å²) in [6, 6.07) is 0. The Labute approximate surface area is 42.1 Å². The number of ether oxygens (including phenoxy) is 1. The van der Waals surface area contributed by atoms with Gasteiger partial charge in [-0.1, -0.05) is 0 Å². The van der Waals surface area contributed by atoms with Crippen LogP contribution in [0.5, 0.6) is 0 Å². The van der Waals surface area contributed by atoms with Crippen LogP contribution >= 0.6 is 11.8 Å². The van der Waals surface area contributed by atoms with E-state index in [1.165, 1.54) is 0 Å². The largest absolute Gasteiger partial charge is 0.374 e. The lowest BCUT2D eigenvalue weighted by atomic mass is 10.8. The van der Waals surface area contributed by atoms with Crippen LogP contribution in [0.25, 0.3) is 0 Å². The maximum Gasteiger partial charge on any atom is 0.0935 e. The molecule has 0 aliphatic carbocycles. The summed E-state index contributed by atoms with van der Waals surface area (Å²) in [4.78, 5) is 0. The highest BCUT2D eigenvalue weighted by atomic mass is 32.2. The summed E-state index contributed by atoms with van der Waals surface area (Å²) in [6.07, 6.45) is 0. The van der Waals surface area contributed by atoms with E-state index in [2.05, 4.69) is 0 Å². The number of hydrogen-bond donors (Lipinski definition) is 0. The number of rotatable bonds is 0. The van der Waals surface area contributed by atoms with Gasteiger partial charge in [-0.05, 0) is 0 Å². The molecule has 0 aromatic carbocycles. The summed E-state index contributed by atoms with van der Waals surface area (Å²) < 4.78 is 4.92. The molecule has 6 heavy (non-hydrogen) atoms. The Hall–Kier alpha value is 0.310. The minimum absolute atomic E-state index is 0.907. The molecule has 2 heteroatoms. The highest BCUT2D eigenvalue weighted by Gasteiger charge is 1.95. The molecule has 1 nitrogen and oxygen atoms in total. The topological polar surface area (TPSA) is 9.23 Å². The second-order valence-electron chi connectivity index (χ2n) is 1.11. The van der Waals surface area contributed by atoms with E-state index < -0.39 is 0 Å². The van der Waals surface area contributed by atoms with Crippen molar-refractivity contribution in [3.63, 3.8) is 0 Å². The van der Waals surface area contributed by atoms with E-state index in [0.29, 0.717) is 0 Å². The van der Waals surface area contributed by atoms with Crippen LogP contribution in [0.2, 0.25) is 0 Å². The third-order valence-corrected chi connectivity index (χ3v) is 1.48. The highest BCUT2D eigenvalue weighted by molar-refractivity contribution is 7.99. The second-order valence-corrected chi connectivity index (χ2v) is 2.26. The number of hydrogen-bond acceptors (Lipinski definition) is 2. The van der Waals surface area contributed by atoms with Gasteiger partial charge >= 0.3 is 0 Å². The molecule has 0 spiro atoms. The lowest BCUT2D eigenvalue weighted by molar-refractivity contribution is 0.220. The van der Waals surface area contributed by atoms with Gasteiger partial charge in [0.25, 0.3) is 0 Å². The zero-order valence-corrected chi connectivity index (χ0v) is 4.33. The van der Waals surface area contributed by atoms with E-state index in [9.17, 15) is 0 Å². The molecule has 0 bridgehead atoms. The van der Waals surface area contributed by atoms with Crippen LogP contribution in [-0.4, -0.2) is 18.1 Å². The van der Waals surface area contributed by atoms with Crippen LogP contribution in [0, 0.1) is 6.61 Å². The van der Waals surface area contributed by atoms with Gasteiger partial charge < -0.3 is 4.74 Å². The first-order valence-corrected chi connectivity index (χ1v) is 3.16. The van der Waals surface area contributed by atoms with E-state index in [4.69, 9.17) is 4.74 Å². The molecule has 0 N–H and O–H groups in total. The fourth-order valence-electron chi connectivity index (χ4n) is 0.370. The molecule has 35 valence electrons. The van der Waals surface area contributed by atoms with Crippen LogP contribution in [0.4, 0.5) is 0 Å². The molecule has 0 atom stereocenters. The average Bonchev–Trinajstić information content (AvgIpc) is 1.72. The first-order valence-electron chi connectivity index (χ1n) is 2.01. The van der Waals surface area contributed by atoms with Gasteiger partial charge in [-0.3, -0.25) is 0 Å². The fourth-order valence-corrected chi connectivity index (χ4v) is 0.943. The maximum atomic E-state index is 4.92. The monoisotopic (exact) mass is 103 g/mol. The first kappa shape index (κ1) is 4.47. The van der Waals surface area contributed by atoms with Crippen molar-refractivity contribution >= 4 is 11.8 Å². The quantitative estimate of drug-likeness (QED) is 0.450. The Kier molecular flexibility index (Phi) is 1.85. The van der Waals surface area contributed by atoms with Crippen molar-refractivity contribution in [2.45, 2.75) is 0 Å². The molecule has 1 aliphatic heterocycles. The van der Waals surface area contributed by atoms with E-state index in [-0.39, 0.29) is 0 Å². The molecule has 1 aliphatic rings. The van der Waals surface area contributed by atoms with Gasteiger partial charge in [-0.2, -0.15) is 11.8 Å². The normalized spacial score (nSPS) is 24.0. The van der Waals surface area contributed by atoms with Crippen molar-refractivity contribution in [2.24, 2.45) is 0 Å². The van der Waals surface area contributed by atoms with Crippen LogP contribution in [0.3, 0.4) is 0 Å². The lowest BCUT2D eigenvalue weighted by Gasteiger charge is -2.07. The van der Waals surface area contributed by atoms with Gasteiger partial charge in [0.05, 0.1) is 13.2 Å². The Morgan fingerprint density at radius 3 is 2.83 bits per heavy atom. The zero-order chi connectivity index (χ0) is 4.24. The van der Waals surface area contributed by atoms with Crippen LogP contribution in [-0.2, 0) is 4.74 Å². The van der Waals surface area contributed by atoms with Crippen molar-refractivity contribution < 1.29 is 4.74 Å². The SMILES string of the molecule is [CH]1CSCCO1. The third-order valence-electron chi connectivity index (χ3n) is 0.649. The minimum Gasteiger partial charge on any atom is -0.374 e. The maximum absolute atomic E-state index is 4.92. The van der Waals surface area contributed by atoms with Crippen LogP contribution in [0.15, 0.2) is 0 Å². The molecule has 1 rings (SSSR count). The zero-order valence-electron chi connectivity index (χ0n) is 3.52. The van der Waals surface area contributed by atoms with Crippen LogP contribution in [0.1, 0.15) is 0 Å². The van der Waals surface area contributed by atoms with Crippen molar-refractivity contribution in [1.82, 2.24) is 0 Å². The molecule has 0 amide bonds. The first-order chi connectivity index (χ1) is 3.00. The Morgan fingerprint density at radius 1 is 1.67 bits per heavy atom. The van der Waals surface area contributed by atoms with Crippen molar-refractivity contribution in [3.8, 4) is 0 Å². The molecule has 0 aromatic heterocycles. The van der Waals surface area contributed by atoms with E-state index in [1.807, 2.05) is 18.4 Å². The average molecular weight is 103 g/mol. The summed E-state index contributed by atoms with van der Waals surface area (Å²) in [5.74, 6) is 2.23. The summed E-state index contributed by atoms with van der Waals surface area (Å²) in [5, 5.41) is 0. The highest BCUT2D eigenvalue weighted by Crippen LogP contribution is 2.07. The van der Waals surface area contributed by atoms with Gasteiger partial charge in [0, 0.05) is 11.5 Å². The van der Waals surface area contributed by atoms with Gasteiger partial charge in [0.1, 0.15) is 0 Å². The Morgan fingerprint density at radius 2 is 2.67 bits per heavy atom. The van der Waals surface area contributed by atoms with E-state index in [0.717, 1.165) is 18.1 Å². The predicted octanol–water partition coefficient (Wildman–Crippen LogP) is 0.912. The summed E-state index contributed by atoms with van der Waals surface area (Å²) >= 11 is 1.91. The van der Waals surface area contributed by atoms with Gasteiger partial charge in [0.2, 0.25) is 0 Å². The summed E-state index contributed by atoms with van der Waals surface area (Å²) in [5.41, 5.74) is 0. The third kappa shape index (κ3) is 1.19. The van der Waals surface area contributed by atoms with E-state index in [1.54, 1.807) is 0 Å². The van der Waals surface area contributed by atoms with Crippen LogP contribution < -0.4 is 0 Å². The second kappa shape index (κ2) is 2.48.